The van der Waals surface area contributed by atoms with Crippen molar-refractivity contribution in [3.8, 4) is 0 Å². The molecule has 0 amide bonds. The van der Waals surface area contributed by atoms with Crippen LogP contribution in [0.25, 0.3) is 5.57 Å². The summed E-state index contributed by atoms with van der Waals surface area (Å²) in [6, 6.07) is 10.7. The van der Waals surface area contributed by atoms with Crippen molar-refractivity contribution in [3.63, 3.8) is 0 Å². The molecule has 1 aromatic rings. The van der Waals surface area contributed by atoms with E-state index < -0.39 is 0 Å². The minimum Gasteiger partial charge on any atom is -0.316 e. The number of hydrogen-bond donors (Lipinski definition) is 1. The van der Waals surface area contributed by atoms with Gasteiger partial charge in [-0.2, -0.15) is 0 Å². The highest BCUT2D eigenvalue weighted by Crippen LogP contribution is 2.31. The highest BCUT2D eigenvalue weighted by Gasteiger charge is 2.14. The predicted molar refractivity (Wildman–Crippen MR) is 88.6 cm³/mol. The number of benzene rings is 1. The fraction of sp³-hybridized carbons (Fsp3) is 0.263. The van der Waals surface area contributed by atoms with E-state index in [-0.39, 0.29) is 0 Å². The van der Waals surface area contributed by atoms with E-state index in [1.807, 2.05) is 6.08 Å². The maximum absolute atomic E-state index is 3.86. The van der Waals surface area contributed by atoms with Gasteiger partial charge in [0, 0.05) is 0 Å². The van der Waals surface area contributed by atoms with Crippen molar-refractivity contribution in [3.05, 3.63) is 77.9 Å². The first-order valence-electron chi connectivity index (χ1n) is 7.30. The zero-order chi connectivity index (χ0) is 14.2. The fourth-order valence-corrected chi connectivity index (χ4v) is 2.69. The van der Waals surface area contributed by atoms with Crippen molar-refractivity contribution in [2.75, 3.05) is 13.1 Å². The average Bonchev–Trinajstić information content (AvgIpc) is 2.50. The Bertz CT molecular complexity index is 524. The number of hydrogen-bond acceptors (Lipinski definition) is 1. The molecule has 0 aromatic heterocycles. The molecule has 104 valence electrons. The summed E-state index contributed by atoms with van der Waals surface area (Å²) in [5, 5.41) is 3.43. The first kappa shape index (κ1) is 14.5. The van der Waals surface area contributed by atoms with Crippen LogP contribution in [0.4, 0.5) is 0 Å². The third-order valence-corrected chi connectivity index (χ3v) is 3.56. The van der Waals surface area contributed by atoms with Crippen LogP contribution in [-0.4, -0.2) is 13.1 Å². The summed E-state index contributed by atoms with van der Waals surface area (Å²) < 4.78 is 0. The topological polar surface area (TPSA) is 12.0 Å². The van der Waals surface area contributed by atoms with E-state index in [0.29, 0.717) is 0 Å². The van der Waals surface area contributed by atoms with E-state index in [9.17, 15) is 0 Å². The van der Waals surface area contributed by atoms with Crippen molar-refractivity contribution in [2.24, 2.45) is 0 Å². The van der Waals surface area contributed by atoms with Gasteiger partial charge in [-0.15, -0.1) is 0 Å². The minimum atomic E-state index is 1.07. The van der Waals surface area contributed by atoms with Crippen LogP contribution in [0.2, 0.25) is 0 Å². The van der Waals surface area contributed by atoms with Crippen molar-refractivity contribution >= 4 is 5.57 Å². The third kappa shape index (κ3) is 3.58. The molecule has 0 aliphatic carbocycles. The largest absolute Gasteiger partial charge is 0.316 e. The van der Waals surface area contributed by atoms with Crippen LogP contribution in [-0.2, 0) is 0 Å². The Morgan fingerprint density at radius 3 is 2.45 bits per heavy atom. The van der Waals surface area contributed by atoms with Crippen LogP contribution in [0, 0.1) is 0 Å². The van der Waals surface area contributed by atoms with Crippen LogP contribution in [0.1, 0.15) is 25.3 Å². The van der Waals surface area contributed by atoms with Gasteiger partial charge in [-0.05, 0) is 49.6 Å². The van der Waals surface area contributed by atoms with Crippen molar-refractivity contribution < 1.29 is 0 Å². The van der Waals surface area contributed by atoms with E-state index >= 15 is 0 Å². The number of piperidine rings is 1. The quantitative estimate of drug-likeness (QED) is 0.790. The van der Waals surface area contributed by atoms with Gasteiger partial charge in [0.05, 0.1) is 0 Å². The summed E-state index contributed by atoms with van der Waals surface area (Å²) in [4.78, 5) is 0. The Morgan fingerprint density at radius 2 is 1.85 bits per heavy atom. The molecular formula is C19H23N. The van der Waals surface area contributed by atoms with Gasteiger partial charge in [0.15, 0.2) is 0 Å². The Kier molecular flexibility index (Phi) is 5.57. The van der Waals surface area contributed by atoms with Crippen LogP contribution in [0.3, 0.4) is 0 Å². The molecule has 1 aliphatic rings. The molecule has 0 saturated carbocycles. The molecule has 1 aliphatic heterocycles. The lowest BCUT2D eigenvalue weighted by atomic mass is 9.88. The molecule has 0 spiro atoms. The molecule has 1 fully saturated rings. The maximum atomic E-state index is 3.86. The van der Waals surface area contributed by atoms with Gasteiger partial charge in [-0.3, -0.25) is 0 Å². The smallest absolute Gasteiger partial charge is 0.00111 e. The molecule has 1 aromatic carbocycles. The second-order valence-corrected chi connectivity index (χ2v) is 4.95. The van der Waals surface area contributed by atoms with Gasteiger partial charge in [-0.1, -0.05) is 66.8 Å². The zero-order valence-electron chi connectivity index (χ0n) is 12.2. The molecule has 1 heterocycles. The van der Waals surface area contributed by atoms with Crippen LogP contribution in [0.15, 0.2) is 72.4 Å². The van der Waals surface area contributed by atoms with E-state index in [1.165, 1.54) is 16.7 Å². The van der Waals surface area contributed by atoms with Crippen molar-refractivity contribution in [2.45, 2.75) is 19.8 Å². The summed E-state index contributed by atoms with van der Waals surface area (Å²) in [6.45, 7) is 8.07. The highest BCUT2D eigenvalue weighted by atomic mass is 14.9. The van der Waals surface area contributed by atoms with Crippen molar-refractivity contribution in [1.29, 1.82) is 0 Å². The lowest BCUT2D eigenvalue weighted by molar-refractivity contribution is 0.611. The van der Waals surface area contributed by atoms with Gasteiger partial charge < -0.3 is 5.32 Å². The summed E-state index contributed by atoms with van der Waals surface area (Å²) >= 11 is 0. The normalized spacial score (nSPS) is 16.4. The van der Waals surface area contributed by atoms with Crippen LogP contribution < -0.4 is 5.32 Å². The lowest BCUT2D eigenvalue weighted by Crippen LogP contribution is -2.23. The zero-order valence-corrected chi connectivity index (χ0v) is 12.2. The Balaban J connectivity index is 2.54. The minimum absolute atomic E-state index is 1.07. The molecular weight excluding hydrogens is 242 g/mol. The Morgan fingerprint density at radius 1 is 1.15 bits per heavy atom. The first-order chi connectivity index (χ1) is 9.86. The van der Waals surface area contributed by atoms with E-state index in [0.717, 1.165) is 25.9 Å². The highest BCUT2D eigenvalue weighted by molar-refractivity contribution is 5.84. The Labute approximate surface area is 122 Å². The van der Waals surface area contributed by atoms with Crippen LogP contribution >= 0.6 is 0 Å². The Hall–Kier alpha value is -1.86. The van der Waals surface area contributed by atoms with Crippen molar-refractivity contribution in [1.82, 2.24) is 5.32 Å². The molecule has 1 saturated heterocycles. The second-order valence-electron chi connectivity index (χ2n) is 4.95. The second kappa shape index (κ2) is 7.66. The van der Waals surface area contributed by atoms with Gasteiger partial charge in [0.2, 0.25) is 0 Å². The molecule has 20 heavy (non-hydrogen) atoms. The van der Waals surface area contributed by atoms with E-state index in [1.54, 1.807) is 5.57 Å². The fourth-order valence-electron chi connectivity index (χ4n) is 2.69. The van der Waals surface area contributed by atoms with Gasteiger partial charge in [0.1, 0.15) is 0 Å². The van der Waals surface area contributed by atoms with Gasteiger partial charge >= 0.3 is 0 Å². The molecule has 0 unspecified atom stereocenters. The summed E-state index contributed by atoms with van der Waals surface area (Å²) in [5.41, 5.74) is 5.48. The summed E-state index contributed by atoms with van der Waals surface area (Å²) in [6.07, 6.45) is 10.5. The SMILES string of the molecule is C=C/C=C(\C=C/C)C(=C1CCNCC1)c1ccccc1. The molecule has 1 nitrogen and oxygen atoms in total. The summed E-state index contributed by atoms with van der Waals surface area (Å²) in [5.74, 6) is 0. The van der Waals surface area contributed by atoms with Gasteiger partial charge in [0.25, 0.3) is 0 Å². The summed E-state index contributed by atoms with van der Waals surface area (Å²) in [7, 11) is 0. The van der Waals surface area contributed by atoms with Crippen LogP contribution in [0.5, 0.6) is 0 Å². The lowest BCUT2D eigenvalue weighted by Gasteiger charge is -2.21. The first-order valence-corrected chi connectivity index (χ1v) is 7.30. The van der Waals surface area contributed by atoms with E-state index in [2.05, 4.69) is 67.4 Å². The molecule has 1 N–H and O–H groups in total. The predicted octanol–water partition coefficient (Wildman–Crippen LogP) is 4.51. The molecule has 2 rings (SSSR count). The number of allylic oxidation sites excluding steroid dienone is 6. The standard InChI is InChI=1S/C19H23N/c1-3-8-16(9-4-2)19(17-10-6-5-7-11-17)18-12-14-20-15-13-18/h3-11,20H,1,12-15H2,2H3/b9-4-,16-8+. The number of nitrogens with one attached hydrogen (secondary N) is 1. The number of rotatable bonds is 4. The monoisotopic (exact) mass is 265 g/mol. The van der Waals surface area contributed by atoms with Gasteiger partial charge in [-0.25, -0.2) is 0 Å². The molecule has 0 atom stereocenters. The third-order valence-electron chi connectivity index (χ3n) is 3.56. The average molecular weight is 265 g/mol. The maximum Gasteiger partial charge on any atom is -0.00111 e. The van der Waals surface area contributed by atoms with E-state index in [4.69, 9.17) is 0 Å². The molecule has 1 heteroatoms. The molecule has 0 radical (unpaired) electrons. The molecule has 0 bridgehead atoms.